The molecule has 0 unspecified atom stereocenters. The summed E-state index contributed by atoms with van der Waals surface area (Å²) in [6.45, 7) is 3.28. The van der Waals surface area contributed by atoms with Crippen molar-refractivity contribution in [2.75, 3.05) is 0 Å². The van der Waals surface area contributed by atoms with Crippen LogP contribution in [-0.4, -0.2) is 5.97 Å². The van der Waals surface area contributed by atoms with Crippen LogP contribution in [0, 0.1) is 0 Å². The molecule has 2 nitrogen and oxygen atoms in total. The minimum absolute atomic E-state index is 0.112. The first kappa shape index (κ1) is 8.27. The third-order valence-corrected chi connectivity index (χ3v) is 2.06. The van der Waals surface area contributed by atoms with Crippen molar-refractivity contribution in [2.24, 2.45) is 0 Å². The van der Waals surface area contributed by atoms with E-state index >= 15 is 0 Å². The molecule has 0 aliphatic heterocycles. The Balaban J connectivity index is 2.56. The van der Waals surface area contributed by atoms with Gasteiger partial charge < -0.3 is 4.74 Å². The van der Waals surface area contributed by atoms with Gasteiger partial charge >= 0.3 is 5.97 Å². The molecule has 1 atom stereocenters. The van der Waals surface area contributed by atoms with Crippen LogP contribution >= 0.6 is 11.3 Å². The summed E-state index contributed by atoms with van der Waals surface area (Å²) in [5, 5.41) is 3.95. The summed E-state index contributed by atoms with van der Waals surface area (Å²) in [5.74, 6) is -0.233. The second kappa shape index (κ2) is 3.53. The number of rotatable bonds is 2. The molecule has 0 aliphatic carbocycles. The molecule has 0 saturated carbocycles. The van der Waals surface area contributed by atoms with Crippen molar-refractivity contribution in [3.05, 3.63) is 22.4 Å². The fourth-order valence-corrected chi connectivity index (χ4v) is 1.56. The van der Waals surface area contributed by atoms with Gasteiger partial charge in [0, 0.05) is 12.5 Å². The largest absolute Gasteiger partial charge is 0.458 e. The quantitative estimate of drug-likeness (QED) is 0.637. The number of hydrogen-bond acceptors (Lipinski definition) is 3. The number of carbonyl (C=O) groups excluding carboxylic acids is 1. The molecule has 3 heteroatoms. The molecule has 0 saturated heterocycles. The first-order valence-electron chi connectivity index (χ1n) is 3.39. The molecular weight excluding hydrogens is 160 g/mol. The van der Waals surface area contributed by atoms with Crippen molar-refractivity contribution >= 4 is 17.3 Å². The summed E-state index contributed by atoms with van der Waals surface area (Å²) >= 11 is 1.60. The number of ether oxygens (including phenoxy) is 1. The molecule has 1 aromatic rings. The topological polar surface area (TPSA) is 26.3 Å². The van der Waals surface area contributed by atoms with Gasteiger partial charge in [0.15, 0.2) is 0 Å². The smallest absolute Gasteiger partial charge is 0.303 e. The Morgan fingerprint density at radius 2 is 2.45 bits per heavy atom. The SMILES string of the molecule is CC(=O)O[C@H](C)c1ccsc1. The third kappa shape index (κ3) is 2.35. The highest BCUT2D eigenvalue weighted by molar-refractivity contribution is 7.07. The van der Waals surface area contributed by atoms with E-state index in [0.29, 0.717) is 0 Å². The average Bonchev–Trinajstić information content (AvgIpc) is 2.35. The lowest BCUT2D eigenvalue weighted by atomic mass is 10.2. The molecule has 0 amide bonds. The van der Waals surface area contributed by atoms with Crippen LogP contribution in [0.15, 0.2) is 16.8 Å². The maximum Gasteiger partial charge on any atom is 0.303 e. The molecule has 1 aromatic heterocycles. The normalized spacial score (nSPS) is 12.5. The van der Waals surface area contributed by atoms with E-state index in [0.717, 1.165) is 5.56 Å². The van der Waals surface area contributed by atoms with Gasteiger partial charge in [-0.05, 0) is 23.8 Å². The van der Waals surface area contributed by atoms with Crippen molar-refractivity contribution in [2.45, 2.75) is 20.0 Å². The van der Waals surface area contributed by atoms with Crippen molar-refractivity contribution in [1.29, 1.82) is 0 Å². The van der Waals surface area contributed by atoms with E-state index in [9.17, 15) is 4.79 Å². The summed E-state index contributed by atoms with van der Waals surface area (Å²) in [6.07, 6.45) is -0.112. The molecule has 11 heavy (non-hydrogen) atoms. The van der Waals surface area contributed by atoms with E-state index in [-0.39, 0.29) is 12.1 Å². The molecule has 1 rings (SSSR count). The zero-order valence-electron chi connectivity index (χ0n) is 6.53. The Morgan fingerprint density at radius 3 is 2.91 bits per heavy atom. The van der Waals surface area contributed by atoms with Gasteiger partial charge in [0.25, 0.3) is 0 Å². The van der Waals surface area contributed by atoms with Gasteiger partial charge in [-0.15, -0.1) is 0 Å². The Bertz CT molecular complexity index is 228. The minimum Gasteiger partial charge on any atom is -0.458 e. The highest BCUT2D eigenvalue weighted by Crippen LogP contribution is 2.18. The first-order valence-corrected chi connectivity index (χ1v) is 4.33. The van der Waals surface area contributed by atoms with Gasteiger partial charge in [-0.1, -0.05) is 0 Å². The second-order valence-corrected chi connectivity index (χ2v) is 3.09. The van der Waals surface area contributed by atoms with E-state index < -0.39 is 0 Å². The standard InChI is InChI=1S/C8H10O2S/c1-6(10-7(2)9)8-3-4-11-5-8/h3-6H,1-2H3/t6-/m1/s1. The van der Waals surface area contributed by atoms with Crippen LogP contribution in [-0.2, 0) is 9.53 Å². The number of thiophene rings is 1. The minimum atomic E-state index is -0.233. The fraction of sp³-hybridized carbons (Fsp3) is 0.375. The van der Waals surface area contributed by atoms with Gasteiger partial charge in [0.1, 0.15) is 6.10 Å². The van der Waals surface area contributed by atoms with Crippen molar-refractivity contribution in [3.8, 4) is 0 Å². The van der Waals surface area contributed by atoms with E-state index in [1.165, 1.54) is 6.92 Å². The molecule has 0 aliphatic rings. The first-order chi connectivity index (χ1) is 5.20. The van der Waals surface area contributed by atoms with E-state index in [2.05, 4.69) is 0 Å². The number of carbonyl (C=O) groups is 1. The predicted octanol–water partition coefficient (Wildman–Crippen LogP) is 2.37. The molecular formula is C8H10O2S. The average molecular weight is 170 g/mol. The summed E-state index contributed by atoms with van der Waals surface area (Å²) in [5.41, 5.74) is 1.06. The summed E-state index contributed by atoms with van der Waals surface area (Å²) in [7, 11) is 0. The molecule has 1 heterocycles. The van der Waals surface area contributed by atoms with Crippen LogP contribution in [0.3, 0.4) is 0 Å². The molecule has 0 radical (unpaired) electrons. The molecule has 0 aromatic carbocycles. The summed E-state index contributed by atoms with van der Waals surface area (Å²) in [6, 6.07) is 1.96. The number of hydrogen-bond donors (Lipinski definition) is 0. The van der Waals surface area contributed by atoms with Crippen LogP contribution in [0.1, 0.15) is 25.5 Å². The molecule has 0 fully saturated rings. The van der Waals surface area contributed by atoms with Crippen LogP contribution in [0.2, 0.25) is 0 Å². The zero-order chi connectivity index (χ0) is 8.27. The lowest BCUT2D eigenvalue weighted by Crippen LogP contribution is -2.03. The van der Waals surface area contributed by atoms with Gasteiger partial charge in [0.2, 0.25) is 0 Å². The number of esters is 1. The van der Waals surface area contributed by atoms with Crippen molar-refractivity contribution in [3.63, 3.8) is 0 Å². The lowest BCUT2D eigenvalue weighted by molar-refractivity contribution is -0.145. The van der Waals surface area contributed by atoms with Crippen LogP contribution in [0.4, 0.5) is 0 Å². The van der Waals surface area contributed by atoms with Crippen molar-refractivity contribution < 1.29 is 9.53 Å². The fourth-order valence-electron chi connectivity index (χ4n) is 0.823. The Morgan fingerprint density at radius 1 is 1.73 bits per heavy atom. The van der Waals surface area contributed by atoms with Crippen LogP contribution in [0.25, 0.3) is 0 Å². The Kier molecular flexibility index (Phi) is 2.65. The molecule has 0 bridgehead atoms. The van der Waals surface area contributed by atoms with Gasteiger partial charge in [-0.2, -0.15) is 11.3 Å². The molecule has 0 N–H and O–H groups in total. The summed E-state index contributed by atoms with van der Waals surface area (Å²) in [4.78, 5) is 10.5. The highest BCUT2D eigenvalue weighted by atomic mass is 32.1. The summed E-state index contributed by atoms with van der Waals surface area (Å²) < 4.78 is 4.96. The maximum absolute atomic E-state index is 10.5. The predicted molar refractivity (Wildman–Crippen MR) is 44.5 cm³/mol. The molecule has 0 spiro atoms. The second-order valence-electron chi connectivity index (χ2n) is 2.31. The van der Waals surface area contributed by atoms with Gasteiger partial charge in [-0.25, -0.2) is 0 Å². The Hall–Kier alpha value is -0.830. The molecule has 60 valence electrons. The third-order valence-electron chi connectivity index (χ3n) is 1.36. The Labute approximate surface area is 69.8 Å². The van der Waals surface area contributed by atoms with E-state index in [1.807, 2.05) is 23.8 Å². The van der Waals surface area contributed by atoms with Gasteiger partial charge in [-0.3, -0.25) is 4.79 Å². The van der Waals surface area contributed by atoms with E-state index in [1.54, 1.807) is 11.3 Å². The monoisotopic (exact) mass is 170 g/mol. The van der Waals surface area contributed by atoms with Crippen LogP contribution in [0.5, 0.6) is 0 Å². The lowest BCUT2D eigenvalue weighted by Gasteiger charge is -2.08. The van der Waals surface area contributed by atoms with E-state index in [4.69, 9.17) is 4.74 Å². The zero-order valence-corrected chi connectivity index (χ0v) is 7.35. The van der Waals surface area contributed by atoms with Crippen LogP contribution < -0.4 is 0 Å². The highest BCUT2D eigenvalue weighted by Gasteiger charge is 2.07. The maximum atomic E-state index is 10.5. The van der Waals surface area contributed by atoms with Crippen molar-refractivity contribution in [1.82, 2.24) is 0 Å². The van der Waals surface area contributed by atoms with Gasteiger partial charge in [0.05, 0.1) is 0 Å².